The van der Waals surface area contributed by atoms with Crippen molar-refractivity contribution in [2.45, 2.75) is 78.2 Å². The Kier molecular flexibility index (Phi) is 6.80. The zero-order valence-electron chi connectivity index (χ0n) is 24.7. The van der Waals surface area contributed by atoms with Gasteiger partial charge in [-0.3, -0.25) is 4.79 Å². The maximum Gasteiger partial charge on any atom is 0.410 e. The van der Waals surface area contributed by atoms with Crippen LogP contribution in [0.5, 0.6) is 0 Å². The third-order valence-corrected chi connectivity index (χ3v) is 7.51. The molecule has 2 N–H and O–H groups in total. The topological polar surface area (TPSA) is 127 Å². The molecule has 1 saturated carbocycles. The number of amides is 1. The Bertz CT molecular complexity index is 1720. The number of pyridine rings is 1. The SMILES string of the molecule is CC(C)(C)OC(=O)N1CCc2ccc(Nc3ncc4c(=O)n(CC5CC5)n(-c5cccc(C(C)(C)O)n5)c4n3)cc2C1. The monoisotopic (exact) mass is 571 g/mol. The van der Waals surface area contributed by atoms with Crippen LogP contribution in [0.15, 0.2) is 47.4 Å². The van der Waals surface area contributed by atoms with Crippen molar-refractivity contribution >= 4 is 28.8 Å². The standard InChI is InChI=1S/C31H37N7O4/c1-30(2,3)42-29(40)36-14-13-20-11-12-22(15-21(20)18-36)33-28-32-16-23-26(35-28)38(37(27(23)39)17-19-9-10-19)25-8-6-7-24(34-25)31(4,5)41/h6-8,11-12,15-16,19,41H,9-10,13-14,17-18H2,1-5H3,(H,32,33,35). The van der Waals surface area contributed by atoms with Crippen LogP contribution in [0.1, 0.15) is 64.3 Å². The zero-order valence-corrected chi connectivity index (χ0v) is 24.7. The minimum absolute atomic E-state index is 0.171. The lowest BCUT2D eigenvalue weighted by atomic mass is 9.99. The van der Waals surface area contributed by atoms with E-state index in [0.29, 0.717) is 54.0 Å². The van der Waals surface area contributed by atoms with Crippen molar-refractivity contribution in [2.24, 2.45) is 5.92 Å². The lowest BCUT2D eigenvalue weighted by Crippen LogP contribution is -2.39. The van der Waals surface area contributed by atoms with Crippen molar-refractivity contribution < 1.29 is 14.6 Å². The van der Waals surface area contributed by atoms with Crippen LogP contribution in [0.2, 0.25) is 0 Å². The summed E-state index contributed by atoms with van der Waals surface area (Å²) in [5.41, 5.74) is 2.04. The maximum absolute atomic E-state index is 13.5. The molecule has 3 aromatic heterocycles. The van der Waals surface area contributed by atoms with E-state index in [1.54, 1.807) is 40.4 Å². The number of carbonyl (C=O) groups excluding carboxylic acids is 1. The van der Waals surface area contributed by atoms with Gasteiger partial charge >= 0.3 is 6.09 Å². The van der Waals surface area contributed by atoms with Crippen LogP contribution in [0, 0.1) is 5.92 Å². The highest BCUT2D eigenvalue weighted by Crippen LogP contribution is 2.31. The first-order valence-electron chi connectivity index (χ1n) is 14.4. The number of anilines is 2. The summed E-state index contributed by atoms with van der Waals surface area (Å²) in [5, 5.41) is 14.3. The lowest BCUT2D eigenvalue weighted by molar-refractivity contribution is 0.0224. The van der Waals surface area contributed by atoms with Crippen LogP contribution in [0.3, 0.4) is 0 Å². The molecule has 4 aromatic rings. The molecule has 1 aliphatic heterocycles. The first-order chi connectivity index (χ1) is 19.9. The van der Waals surface area contributed by atoms with Crippen LogP contribution in [0.4, 0.5) is 16.4 Å². The quantitative estimate of drug-likeness (QED) is 0.342. The fourth-order valence-corrected chi connectivity index (χ4v) is 5.16. The van der Waals surface area contributed by atoms with Crippen molar-refractivity contribution in [3.63, 3.8) is 0 Å². The Morgan fingerprint density at radius 3 is 2.60 bits per heavy atom. The number of fused-ring (bicyclic) bond motifs is 2. The summed E-state index contributed by atoms with van der Waals surface area (Å²) in [6.07, 6.45) is 4.13. The summed E-state index contributed by atoms with van der Waals surface area (Å²) in [6, 6.07) is 11.4. The molecular formula is C31H37N7O4. The van der Waals surface area contributed by atoms with Gasteiger partial charge in [-0.25, -0.2) is 24.1 Å². The van der Waals surface area contributed by atoms with E-state index in [4.69, 9.17) is 14.7 Å². The summed E-state index contributed by atoms with van der Waals surface area (Å²) < 4.78 is 9.00. The predicted molar refractivity (Wildman–Crippen MR) is 159 cm³/mol. The van der Waals surface area contributed by atoms with E-state index in [9.17, 15) is 14.7 Å². The fourth-order valence-electron chi connectivity index (χ4n) is 5.16. The molecular weight excluding hydrogens is 534 g/mol. The smallest absolute Gasteiger partial charge is 0.410 e. The fraction of sp³-hybridized carbons (Fsp3) is 0.452. The molecule has 11 nitrogen and oxygen atoms in total. The minimum atomic E-state index is -1.15. The molecule has 220 valence electrons. The second-order valence-corrected chi connectivity index (χ2v) is 12.8. The van der Waals surface area contributed by atoms with Gasteiger partial charge < -0.3 is 20.1 Å². The van der Waals surface area contributed by atoms with Crippen molar-refractivity contribution in [2.75, 3.05) is 11.9 Å². The van der Waals surface area contributed by atoms with Crippen molar-refractivity contribution in [1.29, 1.82) is 0 Å². The van der Waals surface area contributed by atoms with Gasteiger partial charge in [0.15, 0.2) is 11.5 Å². The largest absolute Gasteiger partial charge is 0.444 e. The number of ether oxygens (including phenoxy) is 1. The number of benzene rings is 1. The van der Waals surface area contributed by atoms with Gasteiger partial charge in [0.25, 0.3) is 5.56 Å². The van der Waals surface area contributed by atoms with Crippen LogP contribution in [-0.4, -0.2) is 52.6 Å². The Balaban J connectivity index is 1.34. The zero-order chi connectivity index (χ0) is 29.8. The van der Waals surface area contributed by atoms with Crippen molar-refractivity contribution in [3.8, 4) is 5.82 Å². The first kappa shape index (κ1) is 27.9. The van der Waals surface area contributed by atoms with Gasteiger partial charge in [-0.1, -0.05) is 12.1 Å². The summed E-state index contributed by atoms with van der Waals surface area (Å²) in [5.74, 6) is 1.27. The highest BCUT2D eigenvalue weighted by atomic mass is 16.6. The third-order valence-electron chi connectivity index (χ3n) is 7.51. The molecule has 0 atom stereocenters. The summed E-state index contributed by atoms with van der Waals surface area (Å²) in [6.45, 7) is 10.6. The van der Waals surface area contributed by atoms with Crippen LogP contribution in [-0.2, 0) is 29.8 Å². The highest BCUT2D eigenvalue weighted by Gasteiger charge is 2.28. The molecule has 0 spiro atoms. The molecule has 11 heteroatoms. The summed E-state index contributed by atoms with van der Waals surface area (Å²) in [4.78, 5) is 41.8. The number of hydrogen-bond acceptors (Lipinski definition) is 8. The molecule has 42 heavy (non-hydrogen) atoms. The Hall–Kier alpha value is -4.25. The molecule has 4 heterocycles. The molecule has 0 bridgehead atoms. The van der Waals surface area contributed by atoms with Gasteiger partial charge in [0.05, 0.1) is 5.69 Å². The van der Waals surface area contributed by atoms with E-state index in [2.05, 4.69) is 16.4 Å². The first-order valence-corrected chi connectivity index (χ1v) is 14.4. The van der Waals surface area contributed by atoms with E-state index < -0.39 is 11.2 Å². The van der Waals surface area contributed by atoms with Crippen LogP contribution in [0.25, 0.3) is 16.9 Å². The normalized spacial score (nSPS) is 15.5. The van der Waals surface area contributed by atoms with Crippen LogP contribution >= 0.6 is 0 Å². The Labute approximate surface area is 244 Å². The number of nitrogens with zero attached hydrogens (tertiary/aromatic N) is 6. The summed E-state index contributed by atoms with van der Waals surface area (Å²) in [7, 11) is 0. The van der Waals surface area contributed by atoms with E-state index >= 15 is 0 Å². The maximum atomic E-state index is 13.5. The van der Waals surface area contributed by atoms with Gasteiger partial charge in [-0.2, -0.15) is 4.98 Å². The molecule has 6 rings (SSSR count). The molecule has 1 aromatic carbocycles. The molecule has 2 aliphatic rings. The number of nitrogens with one attached hydrogen (secondary N) is 1. The second kappa shape index (κ2) is 10.2. The predicted octanol–water partition coefficient (Wildman–Crippen LogP) is 4.65. The van der Waals surface area contributed by atoms with Gasteiger partial charge in [-0.05, 0) is 95.2 Å². The van der Waals surface area contributed by atoms with Gasteiger partial charge in [-0.15, -0.1) is 0 Å². The Morgan fingerprint density at radius 2 is 1.88 bits per heavy atom. The van der Waals surface area contributed by atoms with E-state index in [-0.39, 0.29) is 11.7 Å². The van der Waals surface area contributed by atoms with Crippen molar-refractivity contribution in [1.82, 2.24) is 29.2 Å². The third kappa shape index (κ3) is 5.74. The molecule has 0 saturated heterocycles. The van der Waals surface area contributed by atoms with Crippen LogP contribution < -0.4 is 10.9 Å². The number of carbonyl (C=O) groups is 1. The lowest BCUT2D eigenvalue weighted by Gasteiger charge is -2.31. The van der Waals surface area contributed by atoms with Gasteiger partial charge in [0, 0.05) is 31.5 Å². The number of hydrogen-bond donors (Lipinski definition) is 2. The van der Waals surface area contributed by atoms with E-state index in [0.717, 1.165) is 30.5 Å². The minimum Gasteiger partial charge on any atom is -0.444 e. The summed E-state index contributed by atoms with van der Waals surface area (Å²) >= 11 is 0. The highest BCUT2D eigenvalue weighted by molar-refractivity contribution is 5.77. The average Bonchev–Trinajstić information content (AvgIpc) is 3.70. The molecule has 1 amide bonds. The molecule has 0 radical (unpaired) electrons. The van der Waals surface area contributed by atoms with Gasteiger partial charge in [0.1, 0.15) is 16.6 Å². The van der Waals surface area contributed by atoms with E-state index in [1.807, 2.05) is 45.0 Å². The number of rotatable bonds is 6. The number of aliphatic hydroxyl groups is 1. The molecule has 1 fully saturated rings. The van der Waals surface area contributed by atoms with E-state index in [1.165, 1.54) is 5.56 Å². The second-order valence-electron chi connectivity index (χ2n) is 12.8. The van der Waals surface area contributed by atoms with Gasteiger partial charge in [0.2, 0.25) is 5.95 Å². The molecule has 1 aliphatic carbocycles. The average molecular weight is 572 g/mol. The number of aromatic nitrogens is 5. The Morgan fingerprint density at radius 1 is 1.10 bits per heavy atom. The van der Waals surface area contributed by atoms with Crippen molar-refractivity contribution in [3.05, 3.63) is 69.8 Å². The molecule has 0 unspecified atom stereocenters.